The smallest absolute Gasteiger partial charge is 0.326 e. The largest absolute Gasteiger partial charge is 0.488 e. The lowest BCUT2D eigenvalue weighted by Crippen LogP contribution is -2.34. The maximum Gasteiger partial charge on any atom is 0.326 e. The van der Waals surface area contributed by atoms with Crippen LogP contribution in [0.15, 0.2) is 47.4 Å². The summed E-state index contributed by atoms with van der Waals surface area (Å²) in [6.07, 6.45) is 1.63. The zero-order valence-electron chi connectivity index (χ0n) is 15.9. The fourth-order valence-electron chi connectivity index (χ4n) is 2.59. The number of esters is 1. The fraction of sp³-hybridized carbons (Fsp3) is 0.190. The second-order valence-corrected chi connectivity index (χ2v) is 8.77. The molecule has 0 N–H and O–H groups in total. The second-order valence-electron chi connectivity index (χ2n) is 6.18. The van der Waals surface area contributed by atoms with Gasteiger partial charge < -0.3 is 9.47 Å². The summed E-state index contributed by atoms with van der Waals surface area (Å²) in [7, 11) is 0. The summed E-state index contributed by atoms with van der Waals surface area (Å²) in [4.78, 5) is 37.3. The Morgan fingerprint density at radius 3 is 2.60 bits per heavy atom. The van der Waals surface area contributed by atoms with E-state index in [0.717, 1.165) is 31.4 Å². The summed E-state index contributed by atoms with van der Waals surface area (Å²) in [5, 5.41) is 0.182. The van der Waals surface area contributed by atoms with Gasteiger partial charge in [-0.15, -0.1) is 0 Å². The highest BCUT2D eigenvalue weighted by atomic mass is 127. The van der Waals surface area contributed by atoms with E-state index in [1.54, 1.807) is 19.1 Å². The Kier molecular flexibility index (Phi) is 7.79. The number of amides is 2. The number of hydrogen-bond acceptors (Lipinski definition) is 6. The monoisotopic (exact) mass is 557 g/mol. The Morgan fingerprint density at radius 2 is 1.93 bits per heavy atom. The topological polar surface area (TPSA) is 72.9 Å². The van der Waals surface area contributed by atoms with Crippen LogP contribution >= 0.6 is 46.0 Å². The van der Waals surface area contributed by atoms with E-state index >= 15 is 0 Å². The van der Waals surface area contributed by atoms with Gasteiger partial charge in [0.15, 0.2) is 0 Å². The number of nitrogens with zero attached hydrogens (tertiary/aromatic N) is 1. The number of imide groups is 1. The molecule has 9 heteroatoms. The van der Waals surface area contributed by atoms with Crippen LogP contribution < -0.4 is 4.74 Å². The second kappa shape index (κ2) is 10.3. The van der Waals surface area contributed by atoms with Crippen LogP contribution in [0, 0.1) is 3.57 Å². The molecule has 3 rings (SSSR count). The third-order valence-corrected chi connectivity index (χ3v) is 6.03. The molecule has 1 fully saturated rings. The van der Waals surface area contributed by atoms with Crippen molar-refractivity contribution in [2.24, 2.45) is 0 Å². The molecular weight excluding hydrogens is 541 g/mol. The first kappa shape index (κ1) is 22.6. The van der Waals surface area contributed by atoms with E-state index in [1.165, 1.54) is 0 Å². The number of ether oxygens (including phenoxy) is 2. The SMILES string of the molecule is CCOC(=O)CN1C(=O)S/C(=C/c2ccc(OCc3ccc(Cl)cc3)c(I)c2)C1=O. The molecule has 1 heterocycles. The molecule has 156 valence electrons. The van der Waals surface area contributed by atoms with Crippen LogP contribution in [0.25, 0.3) is 6.08 Å². The van der Waals surface area contributed by atoms with Crippen molar-refractivity contribution < 1.29 is 23.9 Å². The van der Waals surface area contributed by atoms with Crippen molar-refractivity contribution in [1.82, 2.24) is 4.90 Å². The van der Waals surface area contributed by atoms with Crippen molar-refractivity contribution in [3.63, 3.8) is 0 Å². The van der Waals surface area contributed by atoms with E-state index < -0.39 is 17.1 Å². The van der Waals surface area contributed by atoms with Crippen molar-refractivity contribution >= 4 is 69.1 Å². The maximum atomic E-state index is 12.5. The average molecular weight is 558 g/mol. The number of carbonyl (C=O) groups excluding carboxylic acids is 3. The number of carbonyl (C=O) groups is 3. The molecule has 0 aromatic heterocycles. The number of thioether (sulfide) groups is 1. The van der Waals surface area contributed by atoms with E-state index in [1.807, 2.05) is 36.4 Å². The summed E-state index contributed by atoms with van der Waals surface area (Å²) in [6, 6.07) is 12.9. The van der Waals surface area contributed by atoms with Gasteiger partial charge in [0, 0.05) is 5.02 Å². The van der Waals surface area contributed by atoms with Crippen LogP contribution in [0.2, 0.25) is 5.02 Å². The maximum absolute atomic E-state index is 12.5. The minimum absolute atomic E-state index is 0.190. The van der Waals surface area contributed by atoms with Gasteiger partial charge in [-0.3, -0.25) is 19.3 Å². The van der Waals surface area contributed by atoms with Gasteiger partial charge in [0.2, 0.25) is 0 Å². The summed E-state index contributed by atoms with van der Waals surface area (Å²) in [5.41, 5.74) is 1.74. The van der Waals surface area contributed by atoms with Crippen molar-refractivity contribution in [2.75, 3.05) is 13.2 Å². The third kappa shape index (κ3) is 5.77. The van der Waals surface area contributed by atoms with E-state index in [9.17, 15) is 14.4 Å². The van der Waals surface area contributed by atoms with Gasteiger partial charge in [-0.1, -0.05) is 29.8 Å². The highest BCUT2D eigenvalue weighted by molar-refractivity contribution is 14.1. The molecule has 2 aromatic rings. The third-order valence-electron chi connectivity index (χ3n) is 4.03. The molecule has 30 heavy (non-hydrogen) atoms. The fourth-order valence-corrected chi connectivity index (χ4v) is 4.25. The molecule has 0 atom stereocenters. The normalized spacial score (nSPS) is 15.0. The van der Waals surface area contributed by atoms with Crippen molar-refractivity contribution in [1.29, 1.82) is 0 Å². The Hall–Kier alpha value is -2.04. The first-order chi connectivity index (χ1) is 14.4. The Labute approximate surface area is 196 Å². The van der Waals surface area contributed by atoms with Crippen LogP contribution in [-0.2, 0) is 20.9 Å². The number of benzene rings is 2. The van der Waals surface area contributed by atoms with E-state index in [0.29, 0.717) is 17.4 Å². The lowest BCUT2D eigenvalue weighted by Gasteiger charge is -2.11. The molecule has 1 aliphatic rings. The predicted molar refractivity (Wildman–Crippen MR) is 124 cm³/mol. The molecule has 0 spiro atoms. The van der Waals surface area contributed by atoms with E-state index in [-0.39, 0.29) is 18.1 Å². The molecule has 0 bridgehead atoms. The minimum atomic E-state index is -0.613. The molecular formula is C21H17ClINO5S. The first-order valence-corrected chi connectivity index (χ1v) is 11.2. The van der Waals surface area contributed by atoms with Gasteiger partial charge in [-0.25, -0.2) is 0 Å². The van der Waals surface area contributed by atoms with Crippen LogP contribution in [0.4, 0.5) is 4.79 Å². The standard InChI is InChI=1S/C21H17ClINO5S/c1-2-28-19(25)11-24-20(26)18(30-21(24)27)10-14-5-8-17(16(23)9-14)29-12-13-3-6-15(22)7-4-13/h3-10H,2,11-12H2,1H3/b18-10+. The molecule has 0 saturated carbocycles. The highest BCUT2D eigenvalue weighted by Gasteiger charge is 2.36. The number of halogens is 2. The van der Waals surface area contributed by atoms with Crippen LogP contribution in [0.1, 0.15) is 18.1 Å². The van der Waals surface area contributed by atoms with Crippen molar-refractivity contribution in [3.05, 3.63) is 67.1 Å². The molecule has 0 unspecified atom stereocenters. The molecule has 2 aromatic carbocycles. The summed E-state index contributed by atoms with van der Waals surface area (Å²) >= 11 is 8.84. The van der Waals surface area contributed by atoms with Crippen molar-refractivity contribution in [3.8, 4) is 5.75 Å². The first-order valence-electron chi connectivity index (χ1n) is 8.95. The summed E-state index contributed by atoms with van der Waals surface area (Å²) in [5.74, 6) is -0.410. The number of rotatable bonds is 7. The summed E-state index contributed by atoms with van der Waals surface area (Å²) in [6.45, 7) is 1.87. The zero-order chi connectivity index (χ0) is 21.7. The van der Waals surface area contributed by atoms with Crippen molar-refractivity contribution in [2.45, 2.75) is 13.5 Å². The molecule has 6 nitrogen and oxygen atoms in total. The predicted octanol–water partition coefficient (Wildman–Crippen LogP) is 5.12. The van der Waals surface area contributed by atoms with Gasteiger partial charge in [-0.05, 0) is 82.7 Å². The molecule has 0 aliphatic carbocycles. The van der Waals surface area contributed by atoms with Crippen LogP contribution in [0.5, 0.6) is 5.75 Å². The van der Waals surface area contributed by atoms with E-state index in [2.05, 4.69) is 22.6 Å². The van der Waals surface area contributed by atoms with Crippen LogP contribution in [-0.4, -0.2) is 35.2 Å². The Bertz CT molecular complexity index is 1010. The lowest BCUT2D eigenvalue weighted by atomic mass is 10.2. The molecule has 1 saturated heterocycles. The van der Waals surface area contributed by atoms with Gasteiger partial charge in [0.1, 0.15) is 18.9 Å². The van der Waals surface area contributed by atoms with Gasteiger partial charge in [-0.2, -0.15) is 0 Å². The molecule has 2 amide bonds. The summed E-state index contributed by atoms with van der Waals surface area (Å²) < 4.78 is 11.5. The molecule has 1 aliphatic heterocycles. The lowest BCUT2D eigenvalue weighted by molar-refractivity contribution is -0.145. The minimum Gasteiger partial charge on any atom is -0.488 e. The number of hydrogen-bond donors (Lipinski definition) is 0. The van der Waals surface area contributed by atoms with Gasteiger partial charge in [0.25, 0.3) is 11.1 Å². The van der Waals surface area contributed by atoms with Crippen LogP contribution in [0.3, 0.4) is 0 Å². The Morgan fingerprint density at radius 1 is 1.20 bits per heavy atom. The Balaban J connectivity index is 1.68. The average Bonchev–Trinajstić information content (AvgIpc) is 2.96. The zero-order valence-corrected chi connectivity index (χ0v) is 19.6. The quantitative estimate of drug-likeness (QED) is 0.267. The molecule has 0 radical (unpaired) electrons. The van der Waals surface area contributed by atoms with Gasteiger partial charge >= 0.3 is 5.97 Å². The van der Waals surface area contributed by atoms with Gasteiger partial charge in [0.05, 0.1) is 15.1 Å². The highest BCUT2D eigenvalue weighted by Crippen LogP contribution is 2.33. The van der Waals surface area contributed by atoms with E-state index in [4.69, 9.17) is 21.1 Å².